The molecule has 0 aliphatic carbocycles. The molecule has 0 saturated carbocycles. The molecular weight excluding hydrogens is 532 g/mol. The first kappa shape index (κ1) is 30.4. The zero-order chi connectivity index (χ0) is 28.2. The number of carbonyl (C=O) groups excluding carboxylic acids is 3. The van der Waals surface area contributed by atoms with E-state index in [2.05, 4.69) is 10.6 Å². The molecule has 6 N–H and O–H groups in total. The molecule has 208 valence electrons. The highest BCUT2D eigenvalue weighted by atomic mass is 32.2. The largest absolute Gasteiger partial charge is 0.481 e. The lowest BCUT2D eigenvalue weighted by Crippen LogP contribution is -2.53. The second-order valence-corrected chi connectivity index (χ2v) is 8.79. The number of thioether (sulfide) groups is 1. The Morgan fingerprint density at radius 1 is 1.16 bits per heavy atom. The standard InChI is InChI=1S/C21H26N4O12S/c22-12(2-4-16(26)27)19(30)24-13(20(31)23-8-17(28)29)10-38-15-3-1-11(7-14(15)25(33)34)21(32)37-9-18-35-5-6-36-18/h1,3,7,12-13,18H,2,4-6,8-10,22H2,(H,23,31)(H,24,30)(H,26,27)(H,28,29)/t12-,13-/m0/s1. The smallest absolute Gasteiger partial charge is 0.338 e. The first-order chi connectivity index (χ1) is 18.0. The molecule has 0 unspecified atom stereocenters. The van der Waals surface area contributed by atoms with Gasteiger partial charge in [0.15, 0.2) is 6.29 Å². The summed E-state index contributed by atoms with van der Waals surface area (Å²) in [6.45, 7) is -0.257. The predicted octanol–water partition coefficient (Wildman–Crippen LogP) is -0.906. The fraction of sp³-hybridized carbons (Fsp3) is 0.476. The van der Waals surface area contributed by atoms with Gasteiger partial charge in [-0.3, -0.25) is 29.3 Å². The van der Waals surface area contributed by atoms with E-state index in [4.69, 9.17) is 30.2 Å². The molecule has 1 fully saturated rings. The van der Waals surface area contributed by atoms with E-state index in [9.17, 15) is 34.1 Å². The third-order valence-electron chi connectivity index (χ3n) is 4.89. The lowest BCUT2D eigenvalue weighted by molar-refractivity contribution is -0.387. The topological polar surface area (TPSA) is 247 Å². The number of hydrogen-bond donors (Lipinski definition) is 5. The van der Waals surface area contributed by atoms with Gasteiger partial charge in [0.05, 0.1) is 34.6 Å². The number of hydrogen-bond acceptors (Lipinski definition) is 12. The Morgan fingerprint density at radius 2 is 1.84 bits per heavy atom. The van der Waals surface area contributed by atoms with E-state index in [1.165, 1.54) is 12.1 Å². The van der Waals surface area contributed by atoms with Crippen molar-refractivity contribution in [1.82, 2.24) is 10.6 Å². The van der Waals surface area contributed by atoms with Gasteiger partial charge in [-0.15, -0.1) is 11.8 Å². The van der Waals surface area contributed by atoms with Crippen LogP contribution in [0.2, 0.25) is 0 Å². The van der Waals surface area contributed by atoms with Crippen LogP contribution in [0.3, 0.4) is 0 Å². The van der Waals surface area contributed by atoms with Gasteiger partial charge in [-0.1, -0.05) is 0 Å². The predicted molar refractivity (Wildman–Crippen MR) is 127 cm³/mol. The molecule has 0 spiro atoms. The summed E-state index contributed by atoms with van der Waals surface area (Å²) in [6, 6.07) is 0.868. The number of nitro benzene ring substituents is 1. The molecule has 17 heteroatoms. The zero-order valence-electron chi connectivity index (χ0n) is 19.8. The number of nitrogens with one attached hydrogen (secondary N) is 2. The number of aliphatic carboxylic acids is 2. The number of esters is 1. The summed E-state index contributed by atoms with van der Waals surface area (Å²) in [7, 11) is 0. The maximum absolute atomic E-state index is 12.5. The van der Waals surface area contributed by atoms with Crippen LogP contribution >= 0.6 is 11.8 Å². The number of nitro groups is 1. The summed E-state index contributed by atoms with van der Waals surface area (Å²) in [6.07, 6.45) is -1.35. The third-order valence-corrected chi connectivity index (χ3v) is 6.05. The van der Waals surface area contributed by atoms with Crippen molar-refractivity contribution in [2.75, 3.05) is 32.1 Å². The van der Waals surface area contributed by atoms with Gasteiger partial charge in [0.2, 0.25) is 11.8 Å². The second kappa shape index (κ2) is 14.8. The van der Waals surface area contributed by atoms with Gasteiger partial charge in [0.1, 0.15) is 19.2 Å². The number of ether oxygens (including phenoxy) is 3. The molecule has 2 rings (SSSR count). The summed E-state index contributed by atoms with van der Waals surface area (Å²) in [5.41, 5.74) is 5.06. The molecule has 1 aliphatic rings. The van der Waals surface area contributed by atoms with Crippen molar-refractivity contribution in [3.05, 3.63) is 33.9 Å². The normalized spacial score (nSPS) is 14.8. The molecule has 1 aromatic carbocycles. The van der Waals surface area contributed by atoms with Crippen molar-refractivity contribution in [3.8, 4) is 0 Å². The van der Waals surface area contributed by atoms with Crippen LogP contribution in [0.15, 0.2) is 23.1 Å². The molecule has 1 saturated heterocycles. The minimum Gasteiger partial charge on any atom is -0.481 e. The molecule has 1 aromatic rings. The summed E-state index contributed by atoms with van der Waals surface area (Å²) in [5.74, 6) is -5.44. The van der Waals surface area contributed by atoms with Crippen LogP contribution in [-0.4, -0.2) is 95.4 Å². The highest BCUT2D eigenvalue weighted by Crippen LogP contribution is 2.31. The van der Waals surface area contributed by atoms with Crippen molar-refractivity contribution < 1.29 is 53.3 Å². The number of rotatable bonds is 15. The molecule has 38 heavy (non-hydrogen) atoms. The van der Waals surface area contributed by atoms with E-state index in [-0.39, 0.29) is 29.2 Å². The van der Waals surface area contributed by atoms with Crippen molar-refractivity contribution in [2.45, 2.75) is 36.1 Å². The average Bonchev–Trinajstić information content (AvgIpc) is 3.40. The van der Waals surface area contributed by atoms with Gasteiger partial charge < -0.3 is 40.8 Å². The number of nitrogens with zero attached hydrogens (tertiary/aromatic N) is 1. The van der Waals surface area contributed by atoms with Crippen LogP contribution in [0.1, 0.15) is 23.2 Å². The SMILES string of the molecule is N[C@@H](CCC(=O)O)C(=O)N[C@@H](CSc1ccc(C(=O)OCC2OCCO2)cc1[N+](=O)[O-])C(=O)NCC(=O)O. The van der Waals surface area contributed by atoms with Crippen LogP contribution in [-0.2, 0) is 33.4 Å². The van der Waals surface area contributed by atoms with E-state index in [1.54, 1.807) is 0 Å². The van der Waals surface area contributed by atoms with E-state index >= 15 is 0 Å². The molecule has 1 heterocycles. The van der Waals surface area contributed by atoms with Crippen molar-refractivity contribution in [2.24, 2.45) is 5.73 Å². The van der Waals surface area contributed by atoms with Crippen LogP contribution < -0.4 is 16.4 Å². The highest BCUT2D eigenvalue weighted by molar-refractivity contribution is 7.99. The van der Waals surface area contributed by atoms with Crippen LogP contribution in [0.4, 0.5) is 5.69 Å². The Labute approximate surface area is 219 Å². The number of nitrogens with two attached hydrogens (primary N) is 1. The average molecular weight is 559 g/mol. The van der Waals surface area contributed by atoms with Gasteiger partial charge in [-0.05, 0) is 18.6 Å². The van der Waals surface area contributed by atoms with Gasteiger partial charge in [-0.2, -0.15) is 0 Å². The summed E-state index contributed by atoms with van der Waals surface area (Å²) >= 11 is 0.781. The number of carbonyl (C=O) groups is 5. The monoisotopic (exact) mass is 558 g/mol. The van der Waals surface area contributed by atoms with Gasteiger partial charge in [0, 0.05) is 18.2 Å². The quantitative estimate of drug-likeness (QED) is 0.0757. The number of benzene rings is 1. The molecule has 1 aliphatic heterocycles. The maximum Gasteiger partial charge on any atom is 0.338 e. The first-order valence-corrected chi connectivity index (χ1v) is 12.0. The van der Waals surface area contributed by atoms with E-state index < -0.39 is 71.7 Å². The lowest BCUT2D eigenvalue weighted by atomic mass is 10.1. The lowest BCUT2D eigenvalue weighted by Gasteiger charge is -2.20. The zero-order valence-corrected chi connectivity index (χ0v) is 20.6. The van der Waals surface area contributed by atoms with Crippen LogP contribution in [0, 0.1) is 10.1 Å². The molecule has 2 atom stereocenters. The summed E-state index contributed by atoms with van der Waals surface area (Å²) in [5, 5.41) is 33.6. The summed E-state index contributed by atoms with van der Waals surface area (Å²) in [4.78, 5) is 69.6. The molecule has 0 radical (unpaired) electrons. The van der Waals surface area contributed by atoms with E-state index in [0.717, 1.165) is 17.8 Å². The number of carboxylic acids is 2. The van der Waals surface area contributed by atoms with Crippen molar-refractivity contribution in [3.63, 3.8) is 0 Å². The van der Waals surface area contributed by atoms with Crippen molar-refractivity contribution >= 4 is 47.2 Å². The Bertz CT molecular complexity index is 1060. The van der Waals surface area contributed by atoms with E-state index in [0.29, 0.717) is 13.2 Å². The molecular formula is C21H26N4O12S. The van der Waals surface area contributed by atoms with Crippen LogP contribution in [0.25, 0.3) is 0 Å². The molecule has 16 nitrogen and oxygen atoms in total. The molecule has 2 amide bonds. The molecule has 0 bridgehead atoms. The van der Waals surface area contributed by atoms with Gasteiger partial charge in [0.25, 0.3) is 5.69 Å². The maximum atomic E-state index is 12.5. The Balaban J connectivity index is 2.11. The Morgan fingerprint density at radius 3 is 2.45 bits per heavy atom. The fourth-order valence-corrected chi connectivity index (χ4v) is 4.00. The van der Waals surface area contributed by atoms with Gasteiger partial charge in [-0.25, -0.2) is 4.79 Å². The van der Waals surface area contributed by atoms with Crippen molar-refractivity contribution in [1.29, 1.82) is 0 Å². The Kier molecular flexibility index (Phi) is 11.9. The minimum atomic E-state index is -1.38. The number of carboxylic acid groups (broad SMARTS) is 2. The Hall–Kier alpha value is -3.80. The van der Waals surface area contributed by atoms with Crippen LogP contribution in [0.5, 0.6) is 0 Å². The first-order valence-electron chi connectivity index (χ1n) is 11.1. The fourth-order valence-electron chi connectivity index (χ4n) is 2.97. The third kappa shape index (κ3) is 9.92. The summed E-state index contributed by atoms with van der Waals surface area (Å²) < 4.78 is 15.3. The molecule has 0 aromatic heterocycles. The van der Waals surface area contributed by atoms with Gasteiger partial charge >= 0.3 is 17.9 Å². The van der Waals surface area contributed by atoms with E-state index in [1.807, 2.05) is 0 Å². The second-order valence-electron chi connectivity index (χ2n) is 7.73. The number of amides is 2. The minimum absolute atomic E-state index is 0.0365. The highest BCUT2D eigenvalue weighted by Gasteiger charge is 2.27.